The number of piperazine rings is 1. The van der Waals surface area contributed by atoms with Gasteiger partial charge in [0.2, 0.25) is 0 Å². The fraction of sp³-hybridized carbons (Fsp3) is 0.387. The number of hydrogen-bond acceptors (Lipinski definition) is 7. The maximum absolute atomic E-state index is 14.8. The van der Waals surface area contributed by atoms with Gasteiger partial charge in [0.15, 0.2) is 0 Å². The average molecular weight is 654 g/mol. The van der Waals surface area contributed by atoms with Gasteiger partial charge in [-0.1, -0.05) is 22.0 Å². The second kappa shape index (κ2) is 12.1. The second-order valence-corrected chi connectivity index (χ2v) is 12.2. The number of aryl methyl sites for hydroxylation is 1. The van der Waals surface area contributed by atoms with Crippen LogP contribution in [-0.4, -0.2) is 69.9 Å². The number of nitrogens with zero attached hydrogens (tertiary/aromatic N) is 5. The highest BCUT2D eigenvalue weighted by Crippen LogP contribution is 2.34. The van der Waals surface area contributed by atoms with E-state index in [1.54, 1.807) is 24.3 Å². The lowest BCUT2D eigenvalue weighted by molar-refractivity contribution is 0.145. The Labute approximate surface area is 256 Å². The number of rotatable bonds is 9. The summed E-state index contributed by atoms with van der Waals surface area (Å²) in [6.45, 7) is 5.67. The molecule has 1 aliphatic heterocycles. The molecule has 4 aromatic rings. The first-order valence-corrected chi connectivity index (χ1v) is 15.3. The van der Waals surface area contributed by atoms with Crippen LogP contribution in [0.5, 0.6) is 5.75 Å². The second-order valence-electron chi connectivity index (χ2n) is 11.3. The van der Waals surface area contributed by atoms with Crippen LogP contribution in [0.3, 0.4) is 0 Å². The molecule has 2 aliphatic rings. The molecular formula is C31H34BrFN6O4. The quantitative estimate of drug-likeness (QED) is 0.275. The molecule has 6 rings (SSSR count). The SMILES string of the molecule is CN1CCN(CCCOc2cccc(-n3c(=O)n(C4CC4)c(=O)c4c(Nc5ccc(Br)cc5F)cc(=O)n(C)c43)c2)CC1. The summed E-state index contributed by atoms with van der Waals surface area (Å²) in [4.78, 5) is 45.8. The van der Waals surface area contributed by atoms with Gasteiger partial charge in [-0.25, -0.2) is 13.8 Å². The lowest BCUT2D eigenvalue weighted by Gasteiger charge is -2.32. The highest BCUT2D eigenvalue weighted by Gasteiger charge is 2.31. The first-order valence-electron chi connectivity index (χ1n) is 14.5. The number of fused-ring (bicyclic) bond motifs is 1. The summed E-state index contributed by atoms with van der Waals surface area (Å²) in [5.41, 5.74) is -0.710. The van der Waals surface area contributed by atoms with E-state index in [9.17, 15) is 18.8 Å². The van der Waals surface area contributed by atoms with E-state index >= 15 is 0 Å². The van der Waals surface area contributed by atoms with Crippen molar-refractivity contribution in [2.75, 3.05) is 51.7 Å². The van der Waals surface area contributed by atoms with Gasteiger partial charge >= 0.3 is 5.69 Å². The molecule has 1 saturated heterocycles. The van der Waals surface area contributed by atoms with Gasteiger partial charge in [0, 0.05) is 62.4 Å². The Balaban J connectivity index is 1.39. The fourth-order valence-electron chi connectivity index (χ4n) is 5.55. The van der Waals surface area contributed by atoms with Gasteiger partial charge in [-0.3, -0.25) is 18.7 Å². The van der Waals surface area contributed by atoms with Crippen molar-refractivity contribution >= 4 is 38.3 Å². The number of pyridine rings is 1. The molecule has 2 aromatic heterocycles. The molecule has 0 amide bonds. The zero-order chi connectivity index (χ0) is 30.2. The first kappa shape index (κ1) is 29.3. The van der Waals surface area contributed by atoms with Crippen LogP contribution in [0, 0.1) is 5.82 Å². The highest BCUT2D eigenvalue weighted by molar-refractivity contribution is 9.10. The Morgan fingerprint density at radius 3 is 2.47 bits per heavy atom. The van der Waals surface area contributed by atoms with Gasteiger partial charge in [0.1, 0.15) is 22.6 Å². The Kier molecular flexibility index (Phi) is 8.25. The van der Waals surface area contributed by atoms with Crippen molar-refractivity contribution in [2.45, 2.75) is 25.3 Å². The summed E-state index contributed by atoms with van der Waals surface area (Å²) >= 11 is 3.25. The predicted molar refractivity (Wildman–Crippen MR) is 169 cm³/mol. The van der Waals surface area contributed by atoms with Gasteiger partial charge in [-0.05, 0) is 56.6 Å². The number of aromatic nitrogens is 3. The van der Waals surface area contributed by atoms with Crippen molar-refractivity contribution in [3.8, 4) is 11.4 Å². The van der Waals surface area contributed by atoms with E-state index in [-0.39, 0.29) is 28.5 Å². The molecule has 12 heteroatoms. The van der Waals surface area contributed by atoms with Crippen LogP contribution in [0.25, 0.3) is 16.7 Å². The van der Waals surface area contributed by atoms with E-state index in [1.165, 1.54) is 38.9 Å². The zero-order valence-corrected chi connectivity index (χ0v) is 25.8. The maximum Gasteiger partial charge on any atom is 0.337 e. The summed E-state index contributed by atoms with van der Waals surface area (Å²) < 4.78 is 25.3. The number of ether oxygens (including phenoxy) is 1. The molecule has 1 aliphatic carbocycles. The molecule has 0 unspecified atom stereocenters. The minimum Gasteiger partial charge on any atom is -0.493 e. The van der Waals surface area contributed by atoms with E-state index in [4.69, 9.17) is 4.74 Å². The maximum atomic E-state index is 14.8. The summed E-state index contributed by atoms with van der Waals surface area (Å²) in [7, 11) is 3.65. The number of anilines is 2. The lowest BCUT2D eigenvalue weighted by atomic mass is 10.2. The van der Waals surface area contributed by atoms with Gasteiger partial charge in [-0.15, -0.1) is 0 Å². The standard InChI is InChI=1S/C31H34BrFN6O4/c1-35-12-14-37(15-13-35)11-4-16-43-23-6-3-5-22(18-23)38-29-28(30(41)39(31(38)42)21-8-9-21)26(19-27(40)36(29)2)34-25-10-7-20(32)17-24(25)33/h3,5-7,10,17-19,21,34H,4,8-9,11-16H2,1-2H3. The molecule has 1 saturated carbocycles. The van der Waals surface area contributed by atoms with E-state index in [0.29, 0.717) is 35.4 Å². The third-order valence-electron chi connectivity index (χ3n) is 8.12. The summed E-state index contributed by atoms with van der Waals surface area (Å²) in [5, 5.41) is 3.06. The Morgan fingerprint density at radius 1 is 0.977 bits per heavy atom. The lowest BCUT2D eigenvalue weighted by Crippen LogP contribution is -2.44. The molecule has 1 N–H and O–H groups in total. The molecule has 3 heterocycles. The molecule has 2 fully saturated rings. The fourth-order valence-corrected chi connectivity index (χ4v) is 5.88. The van der Waals surface area contributed by atoms with Crippen LogP contribution in [-0.2, 0) is 7.05 Å². The highest BCUT2D eigenvalue weighted by atomic mass is 79.9. The van der Waals surface area contributed by atoms with E-state index in [0.717, 1.165) is 39.1 Å². The van der Waals surface area contributed by atoms with Crippen LogP contribution in [0.4, 0.5) is 15.8 Å². The third kappa shape index (κ3) is 6.04. The van der Waals surface area contributed by atoms with Crippen LogP contribution in [0.15, 0.2) is 67.4 Å². The molecule has 0 atom stereocenters. The molecule has 10 nitrogen and oxygen atoms in total. The number of halogens is 2. The number of nitrogens with one attached hydrogen (secondary N) is 1. The topological polar surface area (TPSA) is 93.7 Å². The summed E-state index contributed by atoms with van der Waals surface area (Å²) in [6.07, 6.45) is 2.26. The van der Waals surface area contributed by atoms with Crippen molar-refractivity contribution in [3.05, 3.63) is 90.0 Å². The smallest absolute Gasteiger partial charge is 0.337 e. The van der Waals surface area contributed by atoms with Gasteiger partial charge < -0.3 is 19.9 Å². The number of likely N-dealkylation sites (N-methyl/N-ethyl adjacent to an activating group) is 1. The third-order valence-corrected chi connectivity index (χ3v) is 8.62. The molecule has 0 bridgehead atoms. The van der Waals surface area contributed by atoms with Crippen molar-refractivity contribution < 1.29 is 9.13 Å². The van der Waals surface area contributed by atoms with E-state index < -0.39 is 22.6 Å². The van der Waals surface area contributed by atoms with Gasteiger partial charge in [-0.2, -0.15) is 0 Å². The van der Waals surface area contributed by atoms with Crippen LogP contribution < -0.4 is 26.9 Å². The number of benzene rings is 2. The van der Waals surface area contributed by atoms with E-state index in [2.05, 4.69) is 38.1 Å². The Hall–Kier alpha value is -3.74. The van der Waals surface area contributed by atoms with Gasteiger partial charge in [0.05, 0.1) is 23.7 Å². The molecule has 2 aromatic carbocycles. The minimum atomic E-state index is -0.559. The zero-order valence-electron chi connectivity index (χ0n) is 24.2. The monoisotopic (exact) mass is 652 g/mol. The molecule has 43 heavy (non-hydrogen) atoms. The van der Waals surface area contributed by atoms with Gasteiger partial charge in [0.25, 0.3) is 11.1 Å². The number of hydrogen-bond donors (Lipinski definition) is 1. The minimum absolute atomic E-state index is 0.0971. The van der Waals surface area contributed by atoms with Crippen LogP contribution >= 0.6 is 15.9 Å². The molecule has 226 valence electrons. The van der Waals surface area contributed by atoms with Crippen molar-refractivity contribution in [3.63, 3.8) is 0 Å². The van der Waals surface area contributed by atoms with E-state index in [1.807, 2.05) is 6.07 Å². The average Bonchev–Trinajstić information content (AvgIpc) is 3.81. The Bertz CT molecular complexity index is 1860. The summed E-state index contributed by atoms with van der Waals surface area (Å²) in [5.74, 6) is 0.0211. The predicted octanol–water partition coefficient (Wildman–Crippen LogP) is 3.85. The molecule has 0 radical (unpaired) electrons. The largest absolute Gasteiger partial charge is 0.493 e. The van der Waals surface area contributed by atoms with Crippen LogP contribution in [0.2, 0.25) is 0 Å². The normalized spacial score (nSPS) is 16.1. The van der Waals surface area contributed by atoms with Crippen molar-refractivity contribution in [1.82, 2.24) is 23.5 Å². The summed E-state index contributed by atoms with van der Waals surface area (Å²) in [6, 6.07) is 12.6. The van der Waals surface area contributed by atoms with Crippen molar-refractivity contribution in [2.24, 2.45) is 7.05 Å². The van der Waals surface area contributed by atoms with Crippen molar-refractivity contribution in [1.29, 1.82) is 0 Å². The molecular weight excluding hydrogens is 619 g/mol. The first-order chi connectivity index (χ1) is 20.7. The molecule has 0 spiro atoms. The Morgan fingerprint density at radius 2 is 1.74 bits per heavy atom. The van der Waals surface area contributed by atoms with Crippen LogP contribution in [0.1, 0.15) is 25.3 Å².